The zero-order valence-corrected chi connectivity index (χ0v) is 14.3. The van der Waals surface area contributed by atoms with Gasteiger partial charge in [0.2, 0.25) is 6.10 Å². The van der Waals surface area contributed by atoms with E-state index in [1.165, 1.54) is 0 Å². The fourth-order valence-electron chi connectivity index (χ4n) is 3.80. The molecule has 3 aliphatic rings. The summed E-state index contributed by atoms with van der Waals surface area (Å²) >= 11 is 0. The first kappa shape index (κ1) is 16.1. The number of nitrogens with one attached hydrogen (secondary N) is 1. The number of rotatable bonds is 2. The summed E-state index contributed by atoms with van der Waals surface area (Å²) in [4.78, 5) is 28.4. The van der Waals surface area contributed by atoms with Crippen molar-refractivity contribution in [2.24, 2.45) is 0 Å². The predicted molar refractivity (Wildman–Crippen MR) is 90.7 cm³/mol. The lowest BCUT2D eigenvalue weighted by atomic mass is 10.0. The number of hydrogen-bond acceptors (Lipinski definition) is 4. The molecule has 1 aromatic rings. The number of para-hydroxylation sites is 2. The summed E-state index contributed by atoms with van der Waals surface area (Å²) in [5.74, 6) is 1.26. The van der Waals surface area contributed by atoms with Crippen LogP contribution in [0.25, 0.3) is 0 Å². The van der Waals surface area contributed by atoms with Gasteiger partial charge in [-0.05, 0) is 31.9 Å². The maximum absolute atomic E-state index is 12.9. The average molecular weight is 345 g/mol. The number of hydrogen-bond donors (Lipinski definition) is 1. The first-order valence-electron chi connectivity index (χ1n) is 8.89. The van der Waals surface area contributed by atoms with Crippen LogP contribution in [0.3, 0.4) is 0 Å². The summed E-state index contributed by atoms with van der Waals surface area (Å²) in [5.41, 5.74) is 0. The molecule has 0 aliphatic carbocycles. The van der Waals surface area contributed by atoms with Gasteiger partial charge in [0.1, 0.15) is 6.10 Å². The summed E-state index contributed by atoms with van der Waals surface area (Å²) in [6, 6.07) is 7.65. The van der Waals surface area contributed by atoms with Crippen molar-refractivity contribution >= 4 is 11.9 Å². The number of fused-ring (bicyclic) bond motifs is 1. The Bertz CT molecular complexity index is 672. The number of carbonyl (C=O) groups is 2. The topological polar surface area (TPSA) is 71.1 Å². The molecule has 0 saturated carbocycles. The van der Waals surface area contributed by atoms with Crippen molar-refractivity contribution in [3.63, 3.8) is 0 Å². The van der Waals surface area contributed by atoms with Crippen molar-refractivity contribution in [2.45, 2.75) is 38.0 Å². The number of ether oxygens (including phenoxy) is 2. The molecule has 2 saturated heterocycles. The van der Waals surface area contributed by atoms with Gasteiger partial charge >= 0.3 is 6.03 Å². The molecule has 25 heavy (non-hydrogen) atoms. The largest absolute Gasteiger partial charge is 0.482 e. The van der Waals surface area contributed by atoms with Crippen LogP contribution in [0.15, 0.2) is 24.3 Å². The van der Waals surface area contributed by atoms with Crippen molar-refractivity contribution in [2.75, 3.05) is 26.2 Å². The number of likely N-dealkylation sites (tertiary alicyclic amines) is 1. The second-order valence-electron chi connectivity index (χ2n) is 6.79. The van der Waals surface area contributed by atoms with Crippen molar-refractivity contribution in [1.29, 1.82) is 0 Å². The zero-order valence-electron chi connectivity index (χ0n) is 14.3. The molecule has 0 unspecified atom stereocenters. The minimum absolute atomic E-state index is 0.0130. The molecule has 2 atom stereocenters. The summed E-state index contributed by atoms with van der Waals surface area (Å²) in [6.07, 6.45) is 0.654. The van der Waals surface area contributed by atoms with Gasteiger partial charge in [-0.3, -0.25) is 4.79 Å². The quantitative estimate of drug-likeness (QED) is 0.875. The van der Waals surface area contributed by atoms with Gasteiger partial charge in [-0.15, -0.1) is 0 Å². The fourth-order valence-corrected chi connectivity index (χ4v) is 3.80. The zero-order chi connectivity index (χ0) is 17.4. The lowest BCUT2D eigenvalue weighted by Crippen LogP contribution is -2.54. The van der Waals surface area contributed by atoms with Crippen LogP contribution in [0.2, 0.25) is 0 Å². The van der Waals surface area contributed by atoms with Crippen LogP contribution in [0.4, 0.5) is 4.79 Å². The lowest BCUT2D eigenvalue weighted by Gasteiger charge is -2.39. The number of amides is 3. The van der Waals surface area contributed by atoms with Crippen LogP contribution in [0.1, 0.15) is 19.8 Å². The Morgan fingerprint density at radius 3 is 2.44 bits per heavy atom. The Kier molecular flexibility index (Phi) is 4.15. The molecular formula is C18H23N3O4. The minimum atomic E-state index is -0.624. The van der Waals surface area contributed by atoms with Crippen LogP contribution < -0.4 is 14.8 Å². The summed E-state index contributed by atoms with van der Waals surface area (Å²) in [6.45, 7) is 4.61. The van der Waals surface area contributed by atoms with Crippen LogP contribution in [0, 0.1) is 0 Å². The number of piperidine rings is 1. The van der Waals surface area contributed by atoms with Gasteiger partial charge in [-0.25, -0.2) is 4.79 Å². The van der Waals surface area contributed by atoms with E-state index >= 15 is 0 Å². The van der Waals surface area contributed by atoms with Crippen molar-refractivity contribution < 1.29 is 19.1 Å². The van der Waals surface area contributed by atoms with Gasteiger partial charge in [-0.2, -0.15) is 0 Å². The Morgan fingerprint density at radius 1 is 1.12 bits per heavy atom. The van der Waals surface area contributed by atoms with Crippen LogP contribution in [-0.4, -0.2) is 66.2 Å². The van der Waals surface area contributed by atoms with Crippen molar-refractivity contribution in [3.8, 4) is 11.5 Å². The minimum Gasteiger partial charge on any atom is -0.482 e. The maximum atomic E-state index is 12.9. The van der Waals surface area contributed by atoms with Gasteiger partial charge in [0.15, 0.2) is 11.5 Å². The molecular weight excluding hydrogens is 322 g/mol. The predicted octanol–water partition coefficient (Wildman–Crippen LogP) is 1.23. The summed E-state index contributed by atoms with van der Waals surface area (Å²) < 4.78 is 11.8. The second-order valence-corrected chi connectivity index (χ2v) is 6.79. The molecule has 0 radical (unpaired) electrons. The number of benzene rings is 1. The van der Waals surface area contributed by atoms with E-state index in [-0.39, 0.29) is 24.1 Å². The molecule has 0 spiro atoms. The van der Waals surface area contributed by atoms with E-state index in [1.54, 1.807) is 0 Å². The molecule has 0 aromatic heterocycles. The Morgan fingerprint density at radius 2 is 1.80 bits per heavy atom. The van der Waals surface area contributed by atoms with Crippen molar-refractivity contribution in [3.05, 3.63) is 24.3 Å². The fraction of sp³-hybridized carbons (Fsp3) is 0.556. The van der Waals surface area contributed by atoms with Gasteiger partial charge in [-0.1, -0.05) is 12.1 Å². The maximum Gasteiger partial charge on any atom is 0.317 e. The van der Waals surface area contributed by atoms with E-state index in [9.17, 15) is 9.59 Å². The van der Waals surface area contributed by atoms with E-state index in [1.807, 2.05) is 41.0 Å². The summed E-state index contributed by atoms with van der Waals surface area (Å²) in [5, 5.41) is 2.84. The molecule has 3 heterocycles. The lowest BCUT2D eigenvalue weighted by molar-refractivity contribution is -0.145. The standard InChI is InChI=1S/C18H23N3O4/c1-12-16(25-15-5-3-2-4-14(15)24-12)17(22)20-9-6-13(7-10-20)21-11-8-19-18(21)23/h2-5,12-13,16H,6-11H2,1H3,(H,19,23)/t12-,16+/m1/s1. The first-order valence-corrected chi connectivity index (χ1v) is 8.89. The molecule has 3 aliphatic heterocycles. The van der Waals surface area contributed by atoms with Gasteiger partial charge < -0.3 is 24.6 Å². The van der Waals surface area contributed by atoms with Crippen LogP contribution >= 0.6 is 0 Å². The third-order valence-corrected chi connectivity index (χ3v) is 5.19. The smallest absolute Gasteiger partial charge is 0.317 e. The van der Waals surface area contributed by atoms with E-state index in [0.29, 0.717) is 31.1 Å². The molecule has 4 rings (SSSR count). The third-order valence-electron chi connectivity index (χ3n) is 5.19. The second kappa shape index (κ2) is 6.46. The first-order chi connectivity index (χ1) is 12.1. The van der Waals surface area contributed by atoms with E-state index in [2.05, 4.69) is 5.32 Å². The molecule has 0 bridgehead atoms. The highest BCUT2D eigenvalue weighted by atomic mass is 16.6. The van der Waals surface area contributed by atoms with E-state index in [0.717, 1.165) is 19.4 Å². The average Bonchev–Trinajstić information content (AvgIpc) is 3.06. The Balaban J connectivity index is 1.38. The highest BCUT2D eigenvalue weighted by Gasteiger charge is 2.39. The van der Waals surface area contributed by atoms with Crippen molar-refractivity contribution in [1.82, 2.24) is 15.1 Å². The molecule has 2 fully saturated rings. The van der Waals surface area contributed by atoms with Crippen LogP contribution in [-0.2, 0) is 4.79 Å². The van der Waals surface area contributed by atoms with E-state index < -0.39 is 6.10 Å². The molecule has 134 valence electrons. The molecule has 1 aromatic carbocycles. The van der Waals surface area contributed by atoms with Crippen LogP contribution in [0.5, 0.6) is 11.5 Å². The third kappa shape index (κ3) is 2.99. The Labute approximate surface area is 146 Å². The molecule has 7 nitrogen and oxygen atoms in total. The highest BCUT2D eigenvalue weighted by Crippen LogP contribution is 2.34. The highest BCUT2D eigenvalue weighted by molar-refractivity contribution is 5.82. The van der Waals surface area contributed by atoms with Gasteiger partial charge in [0.05, 0.1) is 0 Å². The Hall–Kier alpha value is -2.44. The SMILES string of the molecule is C[C@H]1Oc2ccccc2O[C@@H]1C(=O)N1CCC(N2CCNC2=O)CC1. The molecule has 7 heteroatoms. The summed E-state index contributed by atoms with van der Waals surface area (Å²) in [7, 11) is 0. The normalized spacial score (nSPS) is 26.5. The monoisotopic (exact) mass is 345 g/mol. The molecule has 3 amide bonds. The number of carbonyl (C=O) groups excluding carboxylic acids is 2. The molecule has 1 N–H and O–H groups in total. The number of nitrogens with zero attached hydrogens (tertiary/aromatic N) is 2. The van der Waals surface area contributed by atoms with Gasteiger partial charge in [0.25, 0.3) is 5.91 Å². The van der Waals surface area contributed by atoms with E-state index in [4.69, 9.17) is 9.47 Å². The van der Waals surface area contributed by atoms with Gasteiger partial charge in [0, 0.05) is 32.2 Å². The number of urea groups is 1.